The van der Waals surface area contributed by atoms with E-state index in [9.17, 15) is 9.59 Å². The first-order valence-corrected chi connectivity index (χ1v) is 9.07. The molecule has 0 aliphatic heterocycles. The number of carbonyl (C=O) groups excluding carboxylic acids is 2. The van der Waals surface area contributed by atoms with E-state index in [1.165, 1.54) is 7.11 Å². The summed E-state index contributed by atoms with van der Waals surface area (Å²) >= 11 is 0. The summed E-state index contributed by atoms with van der Waals surface area (Å²) in [6.07, 6.45) is 0. The normalized spacial score (nSPS) is 10.1. The van der Waals surface area contributed by atoms with E-state index < -0.39 is 0 Å². The predicted molar refractivity (Wildman–Crippen MR) is 112 cm³/mol. The summed E-state index contributed by atoms with van der Waals surface area (Å²) in [4.78, 5) is 25.2. The Kier molecular flexibility index (Phi) is 6.47. The first kappa shape index (κ1) is 19.9. The molecule has 0 saturated carbocycles. The van der Waals surface area contributed by atoms with Gasteiger partial charge in [-0.25, -0.2) is 0 Å². The number of hydrogen-bond donors (Lipinski definition) is 2. The first-order valence-electron chi connectivity index (χ1n) is 9.07. The molecule has 2 amide bonds. The topological polar surface area (TPSA) is 76.7 Å². The van der Waals surface area contributed by atoms with Gasteiger partial charge in [-0.2, -0.15) is 0 Å². The smallest absolute Gasteiger partial charge is 0.255 e. The van der Waals surface area contributed by atoms with Crippen LogP contribution in [0.1, 0.15) is 26.3 Å². The van der Waals surface area contributed by atoms with Crippen LogP contribution in [0.4, 0.5) is 5.69 Å². The van der Waals surface area contributed by atoms with Crippen LogP contribution in [0.3, 0.4) is 0 Å². The number of hydrogen-bond acceptors (Lipinski definition) is 4. The van der Waals surface area contributed by atoms with Crippen molar-refractivity contribution in [3.8, 4) is 11.5 Å². The van der Waals surface area contributed by atoms with Crippen molar-refractivity contribution in [2.45, 2.75) is 6.54 Å². The van der Waals surface area contributed by atoms with E-state index in [-0.39, 0.29) is 11.8 Å². The maximum Gasteiger partial charge on any atom is 0.255 e. The first-order chi connectivity index (χ1) is 14.1. The highest BCUT2D eigenvalue weighted by atomic mass is 16.5. The highest BCUT2D eigenvalue weighted by Gasteiger charge is 2.13. The van der Waals surface area contributed by atoms with Crippen LogP contribution in [0.5, 0.6) is 11.5 Å². The molecule has 29 heavy (non-hydrogen) atoms. The fourth-order valence-corrected chi connectivity index (χ4v) is 2.87. The van der Waals surface area contributed by atoms with E-state index >= 15 is 0 Å². The number of anilines is 1. The van der Waals surface area contributed by atoms with Gasteiger partial charge in [0, 0.05) is 23.2 Å². The molecule has 0 spiro atoms. The molecule has 0 heterocycles. The molecule has 6 heteroatoms. The lowest BCUT2D eigenvalue weighted by atomic mass is 10.1. The molecular formula is C23H22N2O4. The average molecular weight is 390 g/mol. The number of methoxy groups -OCH3 is 2. The zero-order valence-corrected chi connectivity index (χ0v) is 16.3. The number of rotatable bonds is 7. The number of para-hydroxylation sites is 3. The lowest BCUT2D eigenvalue weighted by molar-refractivity contribution is 0.0950. The van der Waals surface area contributed by atoms with Gasteiger partial charge in [0.05, 0.1) is 19.9 Å². The van der Waals surface area contributed by atoms with Gasteiger partial charge < -0.3 is 20.1 Å². The second-order valence-electron chi connectivity index (χ2n) is 6.23. The summed E-state index contributed by atoms with van der Waals surface area (Å²) in [7, 11) is 3.13. The van der Waals surface area contributed by atoms with Crippen molar-refractivity contribution in [1.82, 2.24) is 5.32 Å². The molecule has 0 unspecified atom stereocenters. The summed E-state index contributed by atoms with van der Waals surface area (Å²) < 4.78 is 10.5. The van der Waals surface area contributed by atoms with E-state index in [4.69, 9.17) is 9.47 Å². The molecule has 3 rings (SSSR count). The van der Waals surface area contributed by atoms with Gasteiger partial charge in [0.25, 0.3) is 11.8 Å². The fraction of sp³-hybridized carbons (Fsp3) is 0.130. The fourth-order valence-electron chi connectivity index (χ4n) is 2.87. The van der Waals surface area contributed by atoms with Gasteiger partial charge in [0.1, 0.15) is 11.5 Å². The monoisotopic (exact) mass is 390 g/mol. The maximum atomic E-state index is 12.6. The summed E-state index contributed by atoms with van der Waals surface area (Å²) in [5.74, 6) is 0.668. The third-order valence-electron chi connectivity index (χ3n) is 4.37. The summed E-state index contributed by atoms with van der Waals surface area (Å²) in [5, 5.41) is 5.66. The Labute approximate surface area is 169 Å². The van der Waals surface area contributed by atoms with Crippen LogP contribution in [0.25, 0.3) is 0 Å². The third-order valence-corrected chi connectivity index (χ3v) is 4.37. The number of amides is 2. The van der Waals surface area contributed by atoms with Crippen LogP contribution in [-0.2, 0) is 6.54 Å². The maximum absolute atomic E-state index is 12.6. The van der Waals surface area contributed by atoms with Gasteiger partial charge in [0.15, 0.2) is 0 Å². The van der Waals surface area contributed by atoms with Crippen LogP contribution in [0.2, 0.25) is 0 Å². The third kappa shape index (κ3) is 4.93. The van der Waals surface area contributed by atoms with Gasteiger partial charge in [-0.1, -0.05) is 36.4 Å². The molecule has 0 radical (unpaired) electrons. The molecule has 6 nitrogen and oxygen atoms in total. The largest absolute Gasteiger partial charge is 0.496 e. The number of benzene rings is 3. The Hall–Kier alpha value is -3.80. The molecule has 0 saturated heterocycles. The van der Waals surface area contributed by atoms with Crippen molar-refractivity contribution in [1.29, 1.82) is 0 Å². The molecule has 3 aromatic rings. The van der Waals surface area contributed by atoms with Crippen molar-refractivity contribution in [3.05, 3.63) is 89.5 Å². The SMILES string of the molecule is COc1ccccc1CNC(=O)c1cccc(C(=O)Nc2ccccc2OC)c1. The zero-order valence-electron chi connectivity index (χ0n) is 16.3. The molecule has 3 aromatic carbocycles. The van der Waals surface area contributed by atoms with Crippen LogP contribution in [0, 0.1) is 0 Å². The van der Waals surface area contributed by atoms with Gasteiger partial charge in [-0.15, -0.1) is 0 Å². The highest BCUT2D eigenvalue weighted by Crippen LogP contribution is 2.24. The number of carbonyl (C=O) groups is 2. The summed E-state index contributed by atoms with van der Waals surface area (Å²) in [6.45, 7) is 0.320. The van der Waals surface area contributed by atoms with Crippen LogP contribution in [0.15, 0.2) is 72.8 Å². The summed E-state index contributed by atoms with van der Waals surface area (Å²) in [6, 6.07) is 21.2. The Morgan fingerprint density at radius 2 is 1.38 bits per heavy atom. The standard InChI is InChI=1S/C23H22N2O4/c1-28-20-12-5-3-8-18(20)15-24-22(26)16-9-7-10-17(14-16)23(27)25-19-11-4-6-13-21(19)29-2/h3-14H,15H2,1-2H3,(H,24,26)(H,25,27). The minimum Gasteiger partial charge on any atom is -0.496 e. The van der Waals surface area contributed by atoms with E-state index in [1.807, 2.05) is 30.3 Å². The van der Waals surface area contributed by atoms with Crippen molar-refractivity contribution < 1.29 is 19.1 Å². The molecule has 0 bridgehead atoms. The molecular weight excluding hydrogens is 368 g/mol. The molecule has 0 atom stereocenters. The molecule has 148 valence electrons. The molecule has 2 N–H and O–H groups in total. The Balaban J connectivity index is 1.70. The lowest BCUT2D eigenvalue weighted by Gasteiger charge is -2.11. The van der Waals surface area contributed by atoms with E-state index in [1.54, 1.807) is 49.6 Å². The van der Waals surface area contributed by atoms with E-state index in [0.29, 0.717) is 34.9 Å². The van der Waals surface area contributed by atoms with Crippen molar-refractivity contribution >= 4 is 17.5 Å². The minimum absolute atomic E-state index is 0.275. The van der Waals surface area contributed by atoms with Crippen LogP contribution < -0.4 is 20.1 Å². The Bertz CT molecular complexity index is 1020. The van der Waals surface area contributed by atoms with E-state index in [2.05, 4.69) is 10.6 Å². The number of ether oxygens (including phenoxy) is 2. The molecule has 0 aromatic heterocycles. The second kappa shape index (κ2) is 9.41. The highest BCUT2D eigenvalue weighted by molar-refractivity contribution is 6.06. The average Bonchev–Trinajstić information content (AvgIpc) is 2.78. The van der Waals surface area contributed by atoms with Gasteiger partial charge in [-0.3, -0.25) is 9.59 Å². The van der Waals surface area contributed by atoms with Crippen molar-refractivity contribution in [3.63, 3.8) is 0 Å². The van der Waals surface area contributed by atoms with Crippen molar-refractivity contribution in [2.75, 3.05) is 19.5 Å². The van der Waals surface area contributed by atoms with Gasteiger partial charge >= 0.3 is 0 Å². The Morgan fingerprint density at radius 3 is 2.10 bits per heavy atom. The Morgan fingerprint density at radius 1 is 0.759 bits per heavy atom. The van der Waals surface area contributed by atoms with E-state index in [0.717, 1.165) is 5.56 Å². The summed E-state index contributed by atoms with van der Waals surface area (Å²) in [5.41, 5.74) is 2.20. The number of nitrogens with one attached hydrogen (secondary N) is 2. The lowest BCUT2D eigenvalue weighted by Crippen LogP contribution is -2.23. The zero-order chi connectivity index (χ0) is 20.6. The van der Waals surface area contributed by atoms with Gasteiger partial charge in [0.2, 0.25) is 0 Å². The minimum atomic E-state index is -0.325. The van der Waals surface area contributed by atoms with Gasteiger partial charge in [-0.05, 0) is 36.4 Å². The molecule has 0 fully saturated rings. The second-order valence-corrected chi connectivity index (χ2v) is 6.23. The van der Waals surface area contributed by atoms with Crippen LogP contribution >= 0.6 is 0 Å². The van der Waals surface area contributed by atoms with Crippen LogP contribution in [-0.4, -0.2) is 26.0 Å². The predicted octanol–water partition coefficient (Wildman–Crippen LogP) is 3.89. The van der Waals surface area contributed by atoms with Crippen molar-refractivity contribution in [2.24, 2.45) is 0 Å². The molecule has 0 aliphatic carbocycles. The quantitative estimate of drug-likeness (QED) is 0.642. The molecule has 0 aliphatic rings.